The molecule has 0 saturated heterocycles. The summed E-state index contributed by atoms with van der Waals surface area (Å²) in [5, 5.41) is 2.81. The van der Waals surface area contributed by atoms with Gasteiger partial charge in [-0.15, -0.1) is 4.98 Å². The summed E-state index contributed by atoms with van der Waals surface area (Å²) in [4.78, 5) is 12.1. The third kappa shape index (κ3) is 3.07. The first-order chi connectivity index (χ1) is 8.71. The van der Waals surface area contributed by atoms with Crippen molar-refractivity contribution < 1.29 is 9.47 Å². The highest BCUT2D eigenvalue weighted by Crippen LogP contribution is 2.23. The Hall–Kier alpha value is -1.89. The number of methoxy groups -OCH3 is 1. The number of aromatic nitrogens is 3. The predicted octanol–water partition coefficient (Wildman–Crippen LogP) is 2.48. The normalized spacial score (nSPS) is 9.94. The first-order valence-electron chi connectivity index (χ1n) is 5.12. The van der Waals surface area contributed by atoms with Gasteiger partial charge in [0.15, 0.2) is 0 Å². The lowest BCUT2D eigenvalue weighted by Crippen LogP contribution is -2.03. The lowest BCUT2D eigenvalue weighted by Gasteiger charge is -2.06. The summed E-state index contributed by atoms with van der Waals surface area (Å²) in [5.74, 6) is 1.01. The van der Waals surface area contributed by atoms with Gasteiger partial charge in [-0.1, -0.05) is 22.0 Å². The molecule has 0 radical (unpaired) electrons. The topological polar surface area (TPSA) is 69.2 Å². The highest BCUT2D eigenvalue weighted by molar-refractivity contribution is 9.10. The van der Waals surface area contributed by atoms with Gasteiger partial charge in [0.1, 0.15) is 5.75 Å². The van der Waals surface area contributed by atoms with Crippen LogP contribution in [0.3, 0.4) is 0 Å². The van der Waals surface area contributed by atoms with E-state index in [1.165, 1.54) is 7.11 Å². The molecular formula is C11H11BrN4O2. The van der Waals surface area contributed by atoms with Crippen LogP contribution in [0.1, 0.15) is 0 Å². The van der Waals surface area contributed by atoms with E-state index in [4.69, 9.17) is 9.47 Å². The van der Waals surface area contributed by atoms with E-state index in [0.717, 1.165) is 4.47 Å². The number of nitrogens with one attached hydrogen (secondary N) is 1. The van der Waals surface area contributed by atoms with Crippen LogP contribution >= 0.6 is 15.9 Å². The molecule has 18 heavy (non-hydrogen) atoms. The molecule has 2 rings (SSSR count). The summed E-state index contributed by atoms with van der Waals surface area (Å²) in [7, 11) is 3.19. The molecule has 1 heterocycles. The van der Waals surface area contributed by atoms with Crippen LogP contribution in [0.4, 0.5) is 5.95 Å². The van der Waals surface area contributed by atoms with Crippen molar-refractivity contribution >= 4 is 21.9 Å². The lowest BCUT2D eigenvalue weighted by molar-refractivity contribution is 0.360. The van der Waals surface area contributed by atoms with E-state index in [0.29, 0.717) is 11.7 Å². The van der Waals surface area contributed by atoms with E-state index in [1.807, 2.05) is 18.2 Å². The molecule has 0 aliphatic carbocycles. The molecule has 2 aromatic rings. The van der Waals surface area contributed by atoms with Gasteiger partial charge in [-0.05, 0) is 18.2 Å². The fourth-order valence-corrected chi connectivity index (χ4v) is 1.60. The lowest BCUT2D eigenvalue weighted by atomic mass is 10.3. The van der Waals surface area contributed by atoms with Crippen LogP contribution in [0.25, 0.3) is 0 Å². The molecule has 0 unspecified atom stereocenters. The van der Waals surface area contributed by atoms with E-state index < -0.39 is 0 Å². The van der Waals surface area contributed by atoms with Crippen LogP contribution in [-0.4, -0.2) is 29.1 Å². The van der Waals surface area contributed by atoms with Gasteiger partial charge in [-0.3, -0.25) is 0 Å². The zero-order valence-corrected chi connectivity index (χ0v) is 11.4. The Labute approximate surface area is 113 Å². The number of hydrogen-bond acceptors (Lipinski definition) is 6. The van der Waals surface area contributed by atoms with Crippen LogP contribution in [0.2, 0.25) is 0 Å². The van der Waals surface area contributed by atoms with Gasteiger partial charge in [0, 0.05) is 11.5 Å². The molecule has 94 valence electrons. The van der Waals surface area contributed by atoms with Crippen LogP contribution < -0.4 is 14.8 Å². The summed E-state index contributed by atoms with van der Waals surface area (Å²) in [6.07, 6.45) is 0. The number of benzene rings is 1. The van der Waals surface area contributed by atoms with Crippen molar-refractivity contribution in [3.8, 4) is 17.8 Å². The Morgan fingerprint density at radius 2 is 1.94 bits per heavy atom. The molecule has 1 aromatic heterocycles. The smallest absolute Gasteiger partial charge is 0.330 e. The summed E-state index contributed by atoms with van der Waals surface area (Å²) in [6.45, 7) is 0. The maximum absolute atomic E-state index is 5.53. The second-order valence-corrected chi connectivity index (χ2v) is 4.15. The third-order valence-electron chi connectivity index (χ3n) is 2.01. The van der Waals surface area contributed by atoms with Gasteiger partial charge >= 0.3 is 12.0 Å². The zero-order chi connectivity index (χ0) is 13.0. The number of anilines is 1. The largest absolute Gasteiger partial charge is 0.467 e. The Bertz CT molecular complexity index is 528. The van der Waals surface area contributed by atoms with Crippen molar-refractivity contribution in [3.05, 3.63) is 28.7 Å². The molecule has 0 spiro atoms. The first kappa shape index (κ1) is 12.6. The Morgan fingerprint density at radius 3 is 2.61 bits per heavy atom. The molecule has 0 aliphatic rings. The molecule has 0 aliphatic heterocycles. The second kappa shape index (κ2) is 5.63. The molecule has 0 saturated carbocycles. The molecule has 6 nitrogen and oxygen atoms in total. The average Bonchev–Trinajstić information content (AvgIpc) is 2.38. The Kier molecular flexibility index (Phi) is 3.93. The van der Waals surface area contributed by atoms with Gasteiger partial charge in [0.2, 0.25) is 5.95 Å². The SMILES string of the molecule is CNc1nc(OC)nc(Oc2cccc(Br)c2)n1. The summed E-state index contributed by atoms with van der Waals surface area (Å²) < 4.78 is 11.4. The minimum Gasteiger partial charge on any atom is -0.467 e. The fraction of sp³-hybridized carbons (Fsp3) is 0.182. The van der Waals surface area contributed by atoms with E-state index in [2.05, 4.69) is 36.2 Å². The molecule has 7 heteroatoms. The number of nitrogens with zero attached hydrogens (tertiary/aromatic N) is 3. The minimum atomic E-state index is 0.171. The quantitative estimate of drug-likeness (QED) is 0.935. The van der Waals surface area contributed by atoms with E-state index in [1.54, 1.807) is 13.1 Å². The summed E-state index contributed by atoms with van der Waals surface area (Å²) >= 11 is 3.36. The third-order valence-corrected chi connectivity index (χ3v) is 2.50. The maximum atomic E-state index is 5.53. The fourth-order valence-electron chi connectivity index (χ4n) is 1.22. The van der Waals surface area contributed by atoms with Crippen LogP contribution in [0.15, 0.2) is 28.7 Å². The van der Waals surface area contributed by atoms with E-state index in [9.17, 15) is 0 Å². The maximum Gasteiger partial charge on any atom is 0.330 e. The standard InChI is InChI=1S/C11H11BrN4O2/c1-13-9-14-10(17-2)16-11(15-9)18-8-5-3-4-7(12)6-8/h3-6H,1-2H3,(H,13,14,15,16). The summed E-state index contributed by atoms with van der Waals surface area (Å²) in [6, 6.07) is 7.75. The Morgan fingerprint density at radius 1 is 1.17 bits per heavy atom. The number of halogens is 1. The first-order valence-corrected chi connectivity index (χ1v) is 5.92. The Balaban J connectivity index is 2.28. The van der Waals surface area contributed by atoms with Gasteiger partial charge < -0.3 is 14.8 Å². The molecule has 0 amide bonds. The van der Waals surface area contributed by atoms with Gasteiger partial charge in [0.25, 0.3) is 0 Å². The van der Waals surface area contributed by atoms with Crippen molar-refractivity contribution in [3.63, 3.8) is 0 Å². The van der Waals surface area contributed by atoms with Crippen LogP contribution in [-0.2, 0) is 0 Å². The van der Waals surface area contributed by atoms with Crippen molar-refractivity contribution in [1.29, 1.82) is 0 Å². The molecule has 0 bridgehead atoms. The van der Waals surface area contributed by atoms with E-state index >= 15 is 0 Å². The second-order valence-electron chi connectivity index (χ2n) is 3.24. The van der Waals surface area contributed by atoms with Crippen molar-refractivity contribution in [2.24, 2.45) is 0 Å². The molecule has 1 N–H and O–H groups in total. The number of hydrogen-bond donors (Lipinski definition) is 1. The molecule has 0 atom stereocenters. The minimum absolute atomic E-state index is 0.171. The monoisotopic (exact) mass is 310 g/mol. The van der Waals surface area contributed by atoms with Crippen molar-refractivity contribution in [2.45, 2.75) is 0 Å². The van der Waals surface area contributed by atoms with Gasteiger partial charge in [-0.25, -0.2) is 0 Å². The number of ether oxygens (including phenoxy) is 2. The van der Waals surface area contributed by atoms with Crippen molar-refractivity contribution in [1.82, 2.24) is 15.0 Å². The predicted molar refractivity (Wildman–Crippen MR) is 70.1 cm³/mol. The highest BCUT2D eigenvalue weighted by atomic mass is 79.9. The molecule has 0 fully saturated rings. The highest BCUT2D eigenvalue weighted by Gasteiger charge is 2.07. The van der Waals surface area contributed by atoms with Gasteiger partial charge in [-0.2, -0.15) is 9.97 Å². The molecular weight excluding hydrogens is 300 g/mol. The van der Waals surface area contributed by atoms with Crippen LogP contribution in [0, 0.1) is 0 Å². The average molecular weight is 311 g/mol. The van der Waals surface area contributed by atoms with Crippen LogP contribution in [0.5, 0.6) is 17.8 Å². The summed E-state index contributed by atoms with van der Waals surface area (Å²) in [5.41, 5.74) is 0. The number of rotatable bonds is 4. The van der Waals surface area contributed by atoms with E-state index in [-0.39, 0.29) is 12.0 Å². The van der Waals surface area contributed by atoms with Gasteiger partial charge in [0.05, 0.1) is 7.11 Å². The van der Waals surface area contributed by atoms with Crippen molar-refractivity contribution in [2.75, 3.05) is 19.5 Å². The zero-order valence-electron chi connectivity index (χ0n) is 9.85. The molecule has 1 aromatic carbocycles.